The average molecular weight is 208 g/mol. The molecule has 0 spiro atoms. The summed E-state index contributed by atoms with van der Waals surface area (Å²) in [5.41, 5.74) is 0. The molecule has 0 aromatic rings. The number of ether oxygens (including phenoxy) is 1. The summed E-state index contributed by atoms with van der Waals surface area (Å²) in [4.78, 5) is 2.48. The lowest BCUT2D eigenvalue weighted by atomic mass is 9.95. The van der Waals surface area contributed by atoms with E-state index in [2.05, 4.69) is 11.0 Å². The molecule has 0 N–H and O–H groups in total. The topological polar surface area (TPSA) is 36.3 Å². The maximum absolute atomic E-state index is 8.92. The first-order valence-electron chi connectivity index (χ1n) is 6.08. The van der Waals surface area contributed by atoms with Gasteiger partial charge in [0.25, 0.3) is 0 Å². The molecule has 1 unspecified atom stereocenters. The van der Waals surface area contributed by atoms with Crippen LogP contribution in [0.3, 0.4) is 0 Å². The predicted molar refractivity (Wildman–Crippen MR) is 58.3 cm³/mol. The molecule has 0 amide bonds. The molecule has 0 aliphatic carbocycles. The van der Waals surface area contributed by atoms with Crippen molar-refractivity contribution in [3.8, 4) is 6.07 Å². The third kappa shape index (κ3) is 3.19. The Balaban J connectivity index is 1.75. The molecule has 1 atom stereocenters. The molecule has 2 aliphatic heterocycles. The second-order valence-corrected chi connectivity index (χ2v) is 4.78. The molecular formula is C12H20N2O. The minimum atomic E-state index is 0.276. The van der Waals surface area contributed by atoms with Crippen LogP contribution < -0.4 is 0 Å². The van der Waals surface area contributed by atoms with Crippen LogP contribution in [0.25, 0.3) is 0 Å². The summed E-state index contributed by atoms with van der Waals surface area (Å²) >= 11 is 0. The zero-order valence-corrected chi connectivity index (χ0v) is 9.32. The van der Waals surface area contributed by atoms with Gasteiger partial charge in [-0.3, -0.25) is 0 Å². The Bertz CT molecular complexity index is 230. The summed E-state index contributed by atoms with van der Waals surface area (Å²) < 4.78 is 5.36. The van der Waals surface area contributed by atoms with E-state index in [0.29, 0.717) is 0 Å². The van der Waals surface area contributed by atoms with Crippen LogP contribution in [-0.4, -0.2) is 37.7 Å². The highest BCUT2D eigenvalue weighted by Crippen LogP contribution is 2.20. The Morgan fingerprint density at radius 1 is 1.27 bits per heavy atom. The van der Waals surface area contributed by atoms with Crippen LogP contribution in [-0.2, 0) is 4.74 Å². The largest absolute Gasteiger partial charge is 0.381 e. The van der Waals surface area contributed by atoms with Crippen molar-refractivity contribution in [3.63, 3.8) is 0 Å². The van der Waals surface area contributed by atoms with Crippen molar-refractivity contribution in [2.75, 3.05) is 32.8 Å². The Kier molecular flexibility index (Phi) is 3.99. The van der Waals surface area contributed by atoms with Gasteiger partial charge in [0.2, 0.25) is 0 Å². The molecule has 2 saturated heterocycles. The van der Waals surface area contributed by atoms with Gasteiger partial charge < -0.3 is 9.64 Å². The second kappa shape index (κ2) is 5.48. The van der Waals surface area contributed by atoms with Crippen molar-refractivity contribution in [1.82, 2.24) is 4.90 Å². The van der Waals surface area contributed by atoms with Gasteiger partial charge in [-0.2, -0.15) is 5.26 Å². The molecule has 2 aliphatic rings. The second-order valence-electron chi connectivity index (χ2n) is 4.78. The average Bonchev–Trinajstić information content (AvgIpc) is 2.31. The normalized spacial score (nSPS) is 29.9. The van der Waals surface area contributed by atoms with Gasteiger partial charge in [-0.05, 0) is 38.1 Å². The fraction of sp³-hybridized carbons (Fsp3) is 0.917. The Labute approximate surface area is 92.0 Å². The highest BCUT2D eigenvalue weighted by Gasteiger charge is 2.23. The lowest BCUT2D eigenvalue weighted by molar-refractivity contribution is 0.0475. The molecule has 3 heteroatoms. The monoisotopic (exact) mass is 208 g/mol. The summed E-state index contributed by atoms with van der Waals surface area (Å²) in [6.07, 6.45) is 4.70. The molecule has 2 fully saturated rings. The first-order valence-corrected chi connectivity index (χ1v) is 6.08. The van der Waals surface area contributed by atoms with Gasteiger partial charge >= 0.3 is 0 Å². The first-order chi connectivity index (χ1) is 7.38. The van der Waals surface area contributed by atoms with Crippen molar-refractivity contribution in [2.24, 2.45) is 11.8 Å². The molecule has 2 heterocycles. The predicted octanol–water partition coefficient (Wildman–Crippen LogP) is 1.65. The van der Waals surface area contributed by atoms with Crippen molar-refractivity contribution in [2.45, 2.75) is 25.7 Å². The summed E-state index contributed by atoms with van der Waals surface area (Å²) in [6.45, 7) is 5.23. The van der Waals surface area contributed by atoms with E-state index >= 15 is 0 Å². The van der Waals surface area contributed by atoms with Crippen molar-refractivity contribution in [1.29, 1.82) is 5.26 Å². The summed E-state index contributed by atoms with van der Waals surface area (Å²) in [6, 6.07) is 2.40. The lowest BCUT2D eigenvalue weighted by Gasteiger charge is -2.33. The fourth-order valence-corrected chi connectivity index (χ4v) is 2.62. The SMILES string of the molecule is N#CC1CCCN(CC2CCOCC2)C1. The van der Waals surface area contributed by atoms with E-state index in [1.165, 1.54) is 32.4 Å². The van der Waals surface area contributed by atoms with E-state index in [4.69, 9.17) is 10.00 Å². The third-order valence-electron chi connectivity index (χ3n) is 3.55. The number of rotatable bonds is 2. The molecular weight excluding hydrogens is 188 g/mol. The molecule has 3 nitrogen and oxygen atoms in total. The highest BCUT2D eigenvalue weighted by molar-refractivity contribution is 4.88. The number of hydrogen-bond acceptors (Lipinski definition) is 3. The quantitative estimate of drug-likeness (QED) is 0.692. The van der Waals surface area contributed by atoms with E-state index < -0.39 is 0 Å². The Morgan fingerprint density at radius 3 is 2.80 bits per heavy atom. The number of nitriles is 1. The zero-order chi connectivity index (χ0) is 10.5. The third-order valence-corrected chi connectivity index (χ3v) is 3.55. The number of hydrogen-bond donors (Lipinski definition) is 0. The van der Waals surface area contributed by atoms with Gasteiger partial charge in [0.05, 0.1) is 12.0 Å². The van der Waals surface area contributed by atoms with E-state index in [0.717, 1.165) is 32.1 Å². The fourth-order valence-electron chi connectivity index (χ4n) is 2.62. The van der Waals surface area contributed by atoms with E-state index in [1.54, 1.807) is 0 Å². The van der Waals surface area contributed by atoms with E-state index in [-0.39, 0.29) is 5.92 Å². The molecule has 84 valence electrons. The maximum atomic E-state index is 8.92. The van der Waals surface area contributed by atoms with Crippen LogP contribution in [0.15, 0.2) is 0 Å². The van der Waals surface area contributed by atoms with Gasteiger partial charge in [-0.1, -0.05) is 0 Å². The van der Waals surface area contributed by atoms with Gasteiger partial charge in [0.1, 0.15) is 0 Å². The molecule has 2 rings (SSSR count). The molecule has 0 bridgehead atoms. The standard InChI is InChI=1S/C12H20N2O/c13-8-12-2-1-5-14(10-12)9-11-3-6-15-7-4-11/h11-12H,1-7,9-10H2. The molecule has 0 aromatic heterocycles. The maximum Gasteiger partial charge on any atom is 0.0669 e. The van der Waals surface area contributed by atoms with Crippen LogP contribution in [0.2, 0.25) is 0 Å². The van der Waals surface area contributed by atoms with Gasteiger partial charge in [-0.15, -0.1) is 0 Å². The highest BCUT2D eigenvalue weighted by atomic mass is 16.5. The Morgan fingerprint density at radius 2 is 2.07 bits per heavy atom. The van der Waals surface area contributed by atoms with Crippen LogP contribution >= 0.6 is 0 Å². The van der Waals surface area contributed by atoms with Gasteiger partial charge in [0, 0.05) is 26.3 Å². The van der Waals surface area contributed by atoms with Crippen LogP contribution in [0, 0.1) is 23.2 Å². The van der Waals surface area contributed by atoms with Crippen LogP contribution in [0.4, 0.5) is 0 Å². The van der Waals surface area contributed by atoms with Crippen molar-refractivity contribution < 1.29 is 4.74 Å². The zero-order valence-electron chi connectivity index (χ0n) is 9.32. The summed E-state index contributed by atoms with van der Waals surface area (Å²) in [5, 5.41) is 8.92. The number of piperidine rings is 1. The molecule has 15 heavy (non-hydrogen) atoms. The molecule has 0 aromatic carbocycles. The lowest BCUT2D eigenvalue weighted by Crippen LogP contribution is -2.39. The van der Waals surface area contributed by atoms with Crippen molar-refractivity contribution >= 4 is 0 Å². The molecule has 0 radical (unpaired) electrons. The van der Waals surface area contributed by atoms with Crippen molar-refractivity contribution in [3.05, 3.63) is 0 Å². The summed E-state index contributed by atoms with van der Waals surface area (Å²) in [7, 11) is 0. The van der Waals surface area contributed by atoms with Gasteiger partial charge in [0.15, 0.2) is 0 Å². The minimum Gasteiger partial charge on any atom is -0.381 e. The number of nitrogens with zero attached hydrogens (tertiary/aromatic N) is 2. The smallest absolute Gasteiger partial charge is 0.0669 e. The minimum absolute atomic E-state index is 0.276. The van der Waals surface area contributed by atoms with Crippen LogP contribution in [0.1, 0.15) is 25.7 Å². The van der Waals surface area contributed by atoms with Crippen LogP contribution in [0.5, 0.6) is 0 Å². The van der Waals surface area contributed by atoms with E-state index in [1.807, 2.05) is 0 Å². The first kappa shape index (κ1) is 10.9. The van der Waals surface area contributed by atoms with E-state index in [9.17, 15) is 0 Å². The van der Waals surface area contributed by atoms with Gasteiger partial charge in [-0.25, -0.2) is 0 Å². The summed E-state index contributed by atoms with van der Waals surface area (Å²) in [5.74, 6) is 1.08. The number of likely N-dealkylation sites (tertiary alicyclic amines) is 1. The molecule has 0 saturated carbocycles. The Hall–Kier alpha value is -0.590.